The van der Waals surface area contributed by atoms with Gasteiger partial charge in [-0.25, -0.2) is 0 Å². The number of hydrogen-bond donors (Lipinski definition) is 0. The minimum atomic E-state index is 1.16. The summed E-state index contributed by atoms with van der Waals surface area (Å²) in [4.78, 5) is 0. The minimum Gasteiger partial charge on any atom is -0.0683 e. The molecule has 0 aromatic heterocycles. The highest BCUT2D eigenvalue weighted by Crippen LogP contribution is 2.60. The molecule has 0 N–H and O–H groups in total. The molecule has 2 aliphatic carbocycles. The zero-order valence-corrected chi connectivity index (χ0v) is 6.85. The molecule has 0 heteroatoms. The van der Waals surface area contributed by atoms with Crippen LogP contribution in [0, 0.1) is 17.8 Å². The van der Waals surface area contributed by atoms with Crippen molar-refractivity contribution in [3.05, 3.63) is 0 Å². The molecule has 0 aliphatic heterocycles. The van der Waals surface area contributed by atoms with Crippen LogP contribution in [0.2, 0.25) is 0 Å². The fourth-order valence-electron chi connectivity index (χ4n) is 1.96. The van der Waals surface area contributed by atoms with Crippen LogP contribution >= 0.6 is 0 Å². The maximum Gasteiger partial charge on any atom is -0.0354 e. The molecule has 2 aliphatic rings. The second-order valence-electron chi connectivity index (χ2n) is 3.06. The third-order valence-corrected chi connectivity index (χ3v) is 2.71. The van der Waals surface area contributed by atoms with Gasteiger partial charge in [-0.2, -0.15) is 0 Å². The molecular formula is C9H18. The van der Waals surface area contributed by atoms with E-state index in [0.717, 1.165) is 5.92 Å². The third kappa shape index (κ3) is 1.12. The van der Waals surface area contributed by atoms with Gasteiger partial charge < -0.3 is 0 Å². The summed E-state index contributed by atoms with van der Waals surface area (Å²) in [5.41, 5.74) is 0. The maximum absolute atomic E-state index is 2.32. The quantitative estimate of drug-likeness (QED) is 0.506. The Labute approximate surface area is 58.7 Å². The summed E-state index contributed by atoms with van der Waals surface area (Å²) in [6.45, 7) is 6.32. The lowest BCUT2D eigenvalue weighted by Gasteiger charge is -2.22. The lowest BCUT2D eigenvalue weighted by molar-refractivity contribution is 0.280. The Morgan fingerprint density at radius 1 is 1.22 bits per heavy atom. The van der Waals surface area contributed by atoms with Gasteiger partial charge in [0.2, 0.25) is 0 Å². The van der Waals surface area contributed by atoms with Gasteiger partial charge in [0.25, 0.3) is 0 Å². The first-order valence-corrected chi connectivity index (χ1v) is 4.42. The second-order valence-corrected chi connectivity index (χ2v) is 3.06. The molecule has 0 saturated heterocycles. The molecule has 54 valence electrons. The van der Waals surface area contributed by atoms with Crippen LogP contribution in [-0.4, -0.2) is 0 Å². The normalized spacial score (nSPS) is 43.7. The molecule has 3 unspecified atom stereocenters. The standard InChI is InChI=1S/C7H12.C2H6/c1-2-5-3-6-4-7(5)6;1-2/h5-7H,2-4H2,1H3;1-2H3. The summed E-state index contributed by atoms with van der Waals surface area (Å²) >= 11 is 0. The van der Waals surface area contributed by atoms with Crippen LogP contribution in [0.3, 0.4) is 0 Å². The van der Waals surface area contributed by atoms with Crippen molar-refractivity contribution in [1.29, 1.82) is 0 Å². The van der Waals surface area contributed by atoms with E-state index in [2.05, 4.69) is 6.92 Å². The van der Waals surface area contributed by atoms with Crippen molar-refractivity contribution < 1.29 is 0 Å². The van der Waals surface area contributed by atoms with Gasteiger partial charge in [0, 0.05) is 0 Å². The second kappa shape index (κ2) is 2.72. The van der Waals surface area contributed by atoms with Gasteiger partial charge in [-0.3, -0.25) is 0 Å². The molecule has 0 heterocycles. The fourth-order valence-corrected chi connectivity index (χ4v) is 1.96. The maximum atomic E-state index is 2.32. The van der Waals surface area contributed by atoms with E-state index in [-0.39, 0.29) is 0 Å². The molecule has 0 radical (unpaired) electrons. The van der Waals surface area contributed by atoms with Gasteiger partial charge >= 0.3 is 0 Å². The first kappa shape index (κ1) is 7.11. The number of rotatable bonds is 1. The molecule has 0 bridgehead atoms. The van der Waals surface area contributed by atoms with E-state index in [1.807, 2.05) is 13.8 Å². The third-order valence-electron chi connectivity index (χ3n) is 2.71. The first-order chi connectivity index (χ1) is 4.42. The fraction of sp³-hybridized carbons (Fsp3) is 1.00. The van der Waals surface area contributed by atoms with E-state index in [0.29, 0.717) is 0 Å². The Hall–Kier alpha value is 0. The van der Waals surface area contributed by atoms with Gasteiger partial charge in [0.15, 0.2) is 0 Å². The summed E-state index contributed by atoms with van der Waals surface area (Å²) < 4.78 is 0. The lowest BCUT2D eigenvalue weighted by Crippen LogP contribution is -2.13. The first-order valence-electron chi connectivity index (χ1n) is 4.42. The van der Waals surface area contributed by atoms with E-state index >= 15 is 0 Å². The Balaban J connectivity index is 0.000000186. The molecule has 2 saturated carbocycles. The molecule has 3 atom stereocenters. The average Bonchev–Trinajstić information content (AvgIpc) is 2.49. The Kier molecular flexibility index (Phi) is 2.15. The monoisotopic (exact) mass is 126 g/mol. The molecular weight excluding hydrogens is 108 g/mol. The van der Waals surface area contributed by atoms with Crippen LogP contribution in [0.1, 0.15) is 40.0 Å². The predicted molar refractivity (Wildman–Crippen MR) is 41.3 cm³/mol. The summed E-state index contributed by atoms with van der Waals surface area (Å²) in [6.07, 6.45) is 4.60. The highest BCUT2D eigenvalue weighted by molar-refractivity contribution is 5.01. The van der Waals surface area contributed by atoms with Crippen LogP contribution < -0.4 is 0 Å². The summed E-state index contributed by atoms with van der Waals surface area (Å²) in [7, 11) is 0. The SMILES string of the molecule is CC.CCC1CC2CC12. The largest absolute Gasteiger partial charge is 0.0683 e. The van der Waals surface area contributed by atoms with Gasteiger partial charge in [-0.05, 0) is 30.6 Å². The van der Waals surface area contributed by atoms with Crippen molar-refractivity contribution in [3.63, 3.8) is 0 Å². The zero-order valence-electron chi connectivity index (χ0n) is 6.85. The van der Waals surface area contributed by atoms with Gasteiger partial charge in [0.1, 0.15) is 0 Å². The van der Waals surface area contributed by atoms with Crippen molar-refractivity contribution in [2.24, 2.45) is 17.8 Å². The summed E-state index contributed by atoms with van der Waals surface area (Å²) in [5.74, 6) is 3.58. The highest BCUT2D eigenvalue weighted by atomic mass is 14.6. The Morgan fingerprint density at radius 2 is 1.89 bits per heavy atom. The van der Waals surface area contributed by atoms with Crippen LogP contribution in [0.4, 0.5) is 0 Å². The van der Waals surface area contributed by atoms with Crippen molar-refractivity contribution in [1.82, 2.24) is 0 Å². The van der Waals surface area contributed by atoms with Crippen LogP contribution in [0.25, 0.3) is 0 Å². The molecule has 2 rings (SSSR count). The Morgan fingerprint density at radius 3 is 2.00 bits per heavy atom. The van der Waals surface area contributed by atoms with E-state index in [4.69, 9.17) is 0 Å². The molecule has 9 heavy (non-hydrogen) atoms. The van der Waals surface area contributed by atoms with Gasteiger partial charge in [-0.15, -0.1) is 0 Å². The molecule has 2 fully saturated rings. The van der Waals surface area contributed by atoms with E-state index < -0.39 is 0 Å². The van der Waals surface area contributed by atoms with Crippen molar-refractivity contribution in [2.45, 2.75) is 40.0 Å². The molecule has 0 nitrogen and oxygen atoms in total. The van der Waals surface area contributed by atoms with E-state index in [1.165, 1.54) is 18.3 Å². The molecule has 0 aromatic rings. The van der Waals surface area contributed by atoms with E-state index in [9.17, 15) is 0 Å². The summed E-state index contributed by atoms with van der Waals surface area (Å²) in [6, 6.07) is 0. The molecule has 0 amide bonds. The van der Waals surface area contributed by atoms with Crippen molar-refractivity contribution in [2.75, 3.05) is 0 Å². The topological polar surface area (TPSA) is 0 Å². The van der Waals surface area contributed by atoms with Crippen molar-refractivity contribution in [3.8, 4) is 0 Å². The van der Waals surface area contributed by atoms with Crippen LogP contribution in [0.15, 0.2) is 0 Å². The molecule has 0 spiro atoms. The van der Waals surface area contributed by atoms with Crippen LogP contribution in [0.5, 0.6) is 0 Å². The highest BCUT2D eigenvalue weighted by Gasteiger charge is 2.51. The van der Waals surface area contributed by atoms with Gasteiger partial charge in [-0.1, -0.05) is 27.2 Å². The lowest BCUT2D eigenvalue weighted by atomic mass is 9.84. The van der Waals surface area contributed by atoms with Crippen molar-refractivity contribution >= 4 is 0 Å². The number of fused-ring (bicyclic) bond motifs is 1. The summed E-state index contributed by atoms with van der Waals surface area (Å²) in [5, 5.41) is 0. The number of hydrogen-bond acceptors (Lipinski definition) is 0. The Bertz CT molecular complexity index is 86.0. The zero-order chi connectivity index (χ0) is 6.85. The average molecular weight is 126 g/mol. The van der Waals surface area contributed by atoms with E-state index in [1.54, 1.807) is 12.8 Å². The minimum absolute atomic E-state index is 1.16. The smallest absolute Gasteiger partial charge is 0.0354 e. The van der Waals surface area contributed by atoms with Crippen LogP contribution in [-0.2, 0) is 0 Å². The molecule has 0 aromatic carbocycles. The van der Waals surface area contributed by atoms with Gasteiger partial charge in [0.05, 0.1) is 0 Å². The predicted octanol–water partition coefficient (Wildman–Crippen LogP) is 3.08.